The number of aryl methyl sites for hydroxylation is 2. The standard InChI is InChI=1S/C33H39N3O.2ClH/c1-26-6-2-3-9-31(26)24-36-16-5-10-30-11-12-33(21-32(30)25-36)37-19-15-27-13-17-35(18-14-27)23-29-8-4-7-28(20-29)22-34;;/h2-4,6-9,11-12,20-21,27H,5,10,13-19,23-25H2,1H3;2*1H. The first-order chi connectivity index (χ1) is 18.2. The average molecular weight is 567 g/mol. The van der Waals surface area contributed by atoms with E-state index in [0.29, 0.717) is 0 Å². The molecule has 0 atom stereocenters. The molecule has 1 saturated heterocycles. The fraction of sp³-hybridized carbons (Fsp3) is 0.424. The molecule has 0 N–H and O–H groups in total. The maximum absolute atomic E-state index is 9.14. The van der Waals surface area contributed by atoms with Gasteiger partial charge in [0.15, 0.2) is 0 Å². The number of nitrogens with zero attached hydrogens (tertiary/aromatic N) is 3. The lowest BCUT2D eigenvalue weighted by molar-refractivity contribution is 0.157. The minimum Gasteiger partial charge on any atom is -0.494 e. The second kappa shape index (κ2) is 15.3. The number of hydrogen-bond donors (Lipinski definition) is 0. The van der Waals surface area contributed by atoms with Gasteiger partial charge in [0.05, 0.1) is 18.2 Å². The molecule has 39 heavy (non-hydrogen) atoms. The first-order valence-corrected chi connectivity index (χ1v) is 13.9. The molecule has 2 heterocycles. The Kier molecular flexibility index (Phi) is 12.2. The Morgan fingerprint density at radius 1 is 0.872 bits per heavy atom. The van der Waals surface area contributed by atoms with Crippen molar-refractivity contribution in [3.63, 3.8) is 0 Å². The summed E-state index contributed by atoms with van der Waals surface area (Å²) in [6.07, 6.45) is 5.92. The third-order valence-corrected chi connectivity index (χ3v) is 8.11. The van der Waals surface area contributed by atoms with Gasteiger partial charge in [-0.2, -0.15) is 5.26 Å². The molecule has 0 amide bonds. The predicted molar refractivity (Wildman–Crippen MR) is 164 cm³/mol. The molecule has 0 spiro atoms. The van der Waals surface area contributed by atoms with Gasteiger partial charge in [0.1, 0.15) is 5.75 Å². The molecule has 0 aromatic heterocycles. The van der Waals surface area contributed by atoms with Crippen LogP contribution in [0, 0.1) is 24.2 Å². The van der Waals surface area contributed by atoms with Crippen molar-refractivity contribution in [1.29, 1.82) is 5.26 Å². The van der Waals surface area contributed by atoms with E-state index >= 15 is 0 Å². The van der Waals surface area contributed by atoms with Crippen LogP contribution in [-0.4, -0.2) is 36.0 Å². The van der Waals surface area contributed by atoms with Crippen LogP contribution in [0.4, 0.5) is 0 Å². The molecule has 0 unspecified atom stereocenters. The summed E-state index contributed by atoms with van der Waals surface area (Å²) in [4.78, 5) is 5.10. The number of piperidine rings is 1. The van der Waals surface area contributed by atoms with E-state index in [1.165, 1.54) is 47.1 Å². The van der Waals surface area contributed by atoms with Crippen LogP contribution in [0.3, 0.4) is 0 Å². The number of nitriles is 1. The highest BCUT2D eigenvalue weighted by atomic mass is 35.5. The van der Waals surface area contributed by atoms with Gasteiger partial charge in [-0.3, -0.25) is 9.80 Å². The summed E-state index contributed by atoms with van der Waals surface area (Å²) in [6, 6.07) is 25.8. The van der Waals surface area contributed by atoms with Crippen LogP contribution in [0.25, 0.3) is 0 Å². The summed E-state index contributed by atoms with van der Waals surface area (Å²) in [6.45, 7) is 9.34. The summed E-state index contributed by atoms with van der Waals surface area (Å²) >= 11 is 0. The fourth-order valence-electron chi connectivity index (χ4n) is 5.83. The van der Waals surface area contributed by atoms with Gasteiger partial charge >= 0.3 is 0 Å². The van der Waals surface area contributed by atoms with Gasteiger partial charge in [-0.25, -0.2) is 0 Å². The quantitative estimate of drug-likeness (QED) is 0.286. The smallest absolute Gasteiger partial charge is 0.119 e. The molecule has 4 nitrogen and oxygen atoms in total. The molecule has 3 aromatic carbocycles. The number of halogens is 2. The number of rotatable bonds is 8. The van der Waals surface area contributed by atoms with Crippen LogP contribution in [0.5, 0.6) is 5.75 Å². The number of likely N-dealkylation sites (tertiary alicyclic amines) is 1. The molecule has 0 saturated carbocycles. The fourth-order valence-corrected chi connectivity index (χ4v) is 5.83. The number of fused-ring (bicyclic) bond motifs is 1. The van der Waals surface area contributed by atoms with Crippen LogP contribution in [0.2, 0.25) is 0 Å². The van der Waals surface area contributed by atoms with Crippen molar-refractivity contribution in [1.82, 2.24) is 9.80 Å². The van der Waals surface area contributed by atoms with E-state index < -0.39 is 0 Å². The average Bonchev–Trinajstić information content (AvgIpc) is 3.12. The number of hydrogen-bond acceptors (Lipinski definition) is 4. The normalized spacial score (nSPS) is 16.2. The molecule has 2 aliphatic heterocycles. The van der Waals surface area contributed by atoms with Gasteiger partial charge in [-0.15, -0.1) is 24.8 Å². The largest absolute Gasteiger partial charge is 0.494 e. The van der Waals surface area contributed by atoms with Gasteiger partial charge in [-0.1, -0.05) is 42.5 Å². The second-order valence-electron chi connectivity index (χ2n) is 10.8. The van der Waals surface area contributed by atoms with Crippen molar-refractivity contribution in [2.75, 3.05) is 26.2 Å². The van der Waals surface area contributed by atoms with Crippen molar-refractivity contribution >= 4 is 24.8 Å². The third-order valence-electron chi connectivity index (χ3n) is 8.11. The minimum absolute atomic E-state index is 0. The maximum Gasteiger partial charge on any atom is 0.119 e. The zero-order chi connectivity index (χ0) is 25.5. The summed E-state index contributed by atoms with van der Waals surface area (Å²) in [7, 11) is 0. The Balaban J connectivity index is 0.00000210. The predicted octanol–water partition coefficient (Wildman–Crippen LogP) is 7.34. The molecule has 0 bridgehead atoms. The van der Waals surface area contributed by atoms with Gasteiger partial charge < -0.3 is 4.74 Å². The van der Waals surface area contributed by atoms with Gasteiger partial charge in [0.25, 0.3) is 0 Å². The molecule has 208 valence electrons. The Hall–Kier alpha value is -2.55. The lowest BCUT2D eigenvalue weighted by Crippen LogP contribution is -2.33. The monoisotopic (exact) mass is 565 g/mol. The molecule has 6 heteroatoms. The highest BCUT2D eigenvalue weighted by Crippen LogP contribution is 2.27. The van der Waals surface area contributed by atoms with E-state index in [-0.39, 0.29) is 24.8 Å². The Morgan fingerprint density at radius 2 is 1.69 bits per heavy atom. The summed E-state index contributed by atoms with van der Waals surface area (Å²) < 4.78 is 6.27. The van der Waals surface area contributed by atoms with Crippen molar-refractivity contribution in [3.05, 3.63) is 100 Å². The second-order valence-corrected chi connectivity index (χ2v) is 10.8. The van der Waals surface area contributed by atoms with E-state index in [9.17, 15) is 0 Å². The van der Waals surface area contributed by atoms with E-state index in [2.05, 4.69) is 71.3 Å². The van der Waals surface area contributed by atoms with E-state index in [4.69, 9.17) is 10.00 Å². The van der Waals surface area contributed by atoms with Crippen LogP contribution in [-0.2, 0) is 26.1 Å². The highest BCUT2D eigenvalue weighted by Gasteiger charge is 2.20. The Bertz CT molecular complexity index is 1230. The number of ether oxygens (including phenoxy) is 1. The first-order valence-electron chi connectivity index (χ1n) is 13.9. The van der Waals surface area contributed by atoms with Crippen LogP contribution < -0.4 is 4.74 Å². The maximum atomic E-state index is 9.14. The van der Waals surface area contributed by atoms with Crippen molar-refractivity contribution in [2.45, 2.75) is 58.7 Å². The van der Waals surface area contributed by atoms with Crippen LogP contribution >= 0.6 is 24.8 Å². The molecule has 3 aromatic rings. The summed E-state index contributed by atoms with van der Waals surface area (Å²) in [5, 5.41) is 9.14. The van der Waals surface area contributed by atoms with E-state index in [1.807, 2.05) is 18.2 Å². The van der Waals surface area contributed by atoms with Crippen molar-refractivity contribution in [2.24, 2.45) is 5.92 Å². The van der Waals surface area contributed by atoms with Gasteiger partial charge in [-0.05, 0) is 117 Å². The SMILES string of the molecule is Cc1ccccc1CN1CCCc2ccc(OCCC3CCN(Cc4cccc(C#N)c4)CC3)cc2C1.Cl.Cl. The zero-order valence-corrected chi connectivity index (χ0v) is 24.6. The molecule has 5 rings (SSSR count). The summed E-state index contributed by atoms with van der Waals surface area (Å²) in [5.41, 5.74) is 7.70. The van der Waals surface area contributed by atoms with Crippen LogP contribution in [0.15, 0.2) is 66.7 Å². The molecule has 0 aliphatic carbocycles. The lowest BCUT2D eigenvalue weighted by atomic mass is 9.93. The van der Waals surface area contributed by atoms with Gasteiger partial charge in [0, 0.05) is 19.6 Å². The Morgan fingerprint density at radius 3 is 2.49 bits per heavy atom. The molecule has 1 fully saturated rings. The summed E-state index contributed by atoms with van der Waals surface area (Å²) in [5.74, 6) is 1.75. The van der Waals surface area contributed by atoms with Gasteiger partial charge in [0.2, 0.25) is 0 Å². The zero-order valence-electron chi connectivity index (χ0n) is 23.0. The van der Waals surface area contributed by atoms with E-state index in [0.717, 1.165) is 75.9 Å². The molecule has 2 aliphatic rings. The minimum atomic E-state index is 0. The first kappa shape index (κ1) is 31.0. The van der Waals surface area contributed by atoms with Crippen LogP contribution in [0.1, 0.15) is 59.1 Å². The number of benzene rings is 3. The topological polar surface area (TPSA) is 39.5 Å². The van der Waals surface area contributed by atoms with E-state index in [1.54, 1.807) is 0 Å². The molecular formula is C33H41Cl2N3O. The highest BCUT2D eigenvalue weighted by molar-refractivity contribution is 5.85. The van der Waals surface area contributed by atoms with Crippen molar-refractivity contribution in [3.8, 4) is 11.8 Å². The molecule has 0 radical (unpaired) electrons. The third kappa shape index (κ3) is 8.72. The molecular weight excluding hydrogens is 525 g/mol. The van der Waals surface area contributed by atoms with Crippen molar-refractivity contribution < 1.29 is 4.74 Å². The Labute approximate surface area is 246 Å². The lowest BCUT2D eigenvalue weighted by Gasteiger charge is -2.32.